The Hall–Kier alpha value is -0.950. The van der Waals surface area contributed by atoms with Crippen LogP contribution in [0.5, 0.6) is 0 Å². The van der Waals surface area contributed by atoms with E-state index in [9.17, 15) is 0 Å². The number of H-pyrrole nitrogens is 1. The molecule has 18 heavy (non-hydrogen) atoms. The van der Waals surface area contributed by atoms with Crippen molar-refractivity contribution in [3.05, 3.63) is 18.2 Å². The largest absolute Gasteiger partial charge is 0.382 e. The van der Waals surface area contributed by atoms with Gasteiger partial charge in [-0.25, -0.2) is 4.98 Å². The number of nitrogens with zero attached hydrogens (tertiary/aromatic N) is 1. The lowest BCUT2D eigenvalue weighted by molar-refractivity contribution is 0.00394. The molecular weight excluding hydrogens is 236 g/mol. The van der Waals surface area contributed by atoms with Gasteiger partial charge in [-0.3, -0.25) is 0 Å². The summed E-state index contributed by atoms with van der Waals surface area (Å²) in [4.78, 5) is 7.13. The van der Waals surface area contributed by atoms with Crippen LogP contribution in [0, 0.1) is 0 Å². The van der Waals surface area contributed by atoms with Gasteiger partial charge in [-0.2, -0.15) is 0 Å². The molecule has 6 heteroatoms. The van der Waals surface area contributed by atoms with Gasteiger partial charge in [0.1, 0.15) is 5.82 Å². The molecule has 6 nitrogen and oxygen atoms in total. The smallest absolute Gasteiger partial charge is 0.108 e. The summed E-state index contributed by atoms with van der Waals surface area (Å²) in [5, 5.41) is 0. The van der Waals surface area contributed by atoms with Crippen LogP contribution in [-0.2, 0) is 25.4 Å². The highest BCUT2D eigenvalue weighted by molar-refractivity contribution is 4.86. The number of hydrogen-bond acceptors (Lipinski definition) is 5. The third-order valence-electron chi connectivity index (χ3n) is 2.21. The topological polar surface area (TPSA) is 65.6 Å². The van der Waals surface area contributed by atoms with Gasteiger partial charge in [0.05, 0.1) is 46.2 Å². The zero-order valence-corrected chi connectivity index (χ0v) is 10.9. The van der Waals surface area contributed by atoms with Crippen LogP contribution in [0.4, 0.5) is 0 Å². The number of rotatable bonds is 12. The van der Waals surface area contributed by atoms with Gasteiger partial charge in [0, 0.05) is 25.9 Å². The molecule has 0 saturated carbocycles. The average Bonchev–Trinajstić information content (AvgIpc) is 2.89. The molecule has 1 rings (SSSR count). The standard InChI is InChI=1S/C12H22N2O4/c1-15-6-7-17-10-11-18-9-8-16-5-2-12-13-3-4-14-12/h3-4H,2,5-11H2,1H3,(H,13,14). The van der Waals surface area contributed by atoms with Crippen LogP contribution >= 0.6 is 0 Å². The molecule has 1 aromatic heterocycles. The van der Waals surface area contributed by atoms with Gasteiger partial charge in [0.2, 0.25) is 0 Å². The number of aromatic nitrogens is 2. The first kappa shape index (κ1) is 15.1. The van der Waals surface area contributed by atoms with Crippen molar-refractivity contribution in [2.45, 2.75) is 6.42 Å². The molecule has 0 saturated heterocycles. The maximum absolute atomic E-state index is 5.41. The van der Waals surface area contributed by atoms with Crippen molar-refractivity contribution in [3.8, 4) is 0 Å². The van der Waals surface area contributed by atoms with Crippen LogP contribution in [0.3, 0.4) is 0 Å². The Balaban J connectivity index is 1.73. The zero-order valence-electron chi connectivity index (χ0n) is 10.9. The minimum absolute atomic E-state index is 0.589. The monoisotopic (exact) mass is 258 g/mol. The molecule has 0 unspecified atom stereocenters. The fourth-order valence-electron chi connectivity index (χ4n) is 1.29. The summed E-state index contributed by atoms with van der Waals surface area (Å²) >= 11 is 0. The van der Waals surface area contributed by atoms with E-state index in [2.05, 4.69) is 9.97 Å². The van der Waals surface area contributed by atoms with E-state index in [0.29, 0.717) is 46.2 Å². The van der Waals surface area contributed by atoms with Crippen LogP contribution < -0.4 is 0 Å². The fourth-order valence-corrected chi connectivity index (χ4v) is 1.29. The highest BCUT2D eigenvalue weighted by Gasteiger charge is 1.95. The molecule has 0 fully saturated rings. The molecule has 0 aliphatic heterocycles. The van der Waals surface area contributed by atoms with Crippen molar-refractivity contribution in [3.63, 3.8) is 0 Å². The van der Waals surface area contributed by atoms with Crippen molar-refractivity contribution in [1.29, 1.82) is 0 Å². The van der Waals surface area contributed by atoms with Crippen molar-refractivity contribution in [2.24, 2.45) is 0 Å². The lowest BCUT2D eigenvalue weighted by atomic mass is 10.4. The number of ether oxygens (including phenoxy) is 4. The fraction of sp³-hybridized carbons (Fsp3) is 0.750. The molecule has 0 aliphatic rings. The first-order valence-corrected chi connectivity index (χ1v) is 6.14. The normalized spacial score (nSPS) is 10.9. The minimum Gasteiger partial charge on any atom is -0.382 e. The van der Waals surface area contributed by atoms with E-state index < -0.39 is 0 Å². The molecule has 1 N–H and O–H groups in total. The second-order valence-electron chi connectivity index (χ2n) is 3.62. The summed E-state index contributed by atoms with van der Waals surface area (Å²) in [6, 6.07) is 0. The first-order chi connectivity index (χ1) is 8.93. The zero-order chi connectivity index (χ0) is 12.9. The van der Waals surface area contributed by atoms with E-state index >= 15 is 0 Å². The number of hydrogen-bond donors (Lipinski definition) is 1. The molecule has 0 aromatic carbocycles. The number of methoxy groups -OCH3 is 1. The SMILES string of the molecule is COCCOCCOCCOCCc1ncc[nH]1. The molecule has 0 radical (unpaired) electrons. The average molecular weight is 258 g/mol. The highest BCUT2D eigenvalue weighted by Crippen LogP contribution is 1.90. The molecular formula is C12H22N2O4. The molecule has 0 atom stereocenters. The maximum atomic E-state index is 5.41. The summed E-state index contributed by atoms with van der Waals surface area (Å²) < 4.78 is 20.8. The summed E-state index contributed by atoms with van der Waals surface area (Å²) in [7, 11) is 1.65. The Morgan fingerprint density at radius 2 is 1.56 bits per heavy atom. The van der Waals surface area contributed by atoms with Gasteiger partial charge in [-0.05, 0) is 0 Å². The van der Waals surface area contributed by atoms with E-state index in [-0.39, 0.29) is 0 Å². The third-order valence-corrected chi connectivity index (χ3v) is 2.21. The van der Waals surface area contributed by atoms with Crippen molar-refractivity contribution >= 4 is 0 Å². The quantitative estimate of drug-likeness (QED) is 0.558. The summed E-state index contributed by atoms with van der Waals surface area (Å²) in [6.45, 7) is 4.25. The minimum atomic E-state index is 0.589. The van der Waals surface area contributed by atoms with Gasteiger partial charge in [0.25, 0.3) is 0 Å². The summed E-state index contributed by atoms with van der Waals surface area (Å²) in [5.41, 5.74) is 0. The molecule has 0 amide bonds. The molecule has 104 valence electrons. The van der Waals surface area contributed by atoms with Gasteiger partial charge >= 0.3 is 0 Å². The van der Waals surface area contributed by atoms with E-state index in [1.165, 1.54) is 0 Å². The van der Waals surface area contributed by atoms with E-state index in [1.54, 1.807) is 13.3 Å². The lowest BCUT2D eigenvalue weighted by Gasteiger charge is -2.06. The Morgan fingerprint density at radius 1 is 0.944 bits per heavy atom. The predicted octanol–water partition coefficient (Wildman–Crippen LogP) is 0.648. The van der Waals surface area contributed by atoms with Crippen LogP contribution in [0.15, 0.2) is 12.4 Å². The first-order valence-electron chi connectivity index (χ1n) is 6.14. The van der Waals surface area contributed by atoms with Gasteiger partial charge in [-0.1, -0.05) is 0 Å². The number of imidazole rings is 1. The van der Waals surface area contributed by atoms with Crippen LogP contribution in [0.25, 0.3) is 0 Å². The Kier molecular flexibility index (Phi) is 9.37. The Bertz CT molecular complexity index is 267. The Morgan fingerprint density at radius 3 is 2.11 bits per heavy atom. The van der Waals surface area contributed by atoms with E-state index in [4.69, 9.17) is 18.9 Å². The summed E-state index contributed by atoms with van der Waals surface area (Å²) in [6.07, 6.45) is 4.34. The molecule has 1 heterocycles. The van der Waals surface area contributed by atoms with Crippen molar-refractivity contribution in [2.75, 3.05) is 53.4 Å². The predicted molar refractivity (Wildman–Crippen MR) is 66.6 cm³/mol. The van der Waals surface area contributed by atoms with Crippen LogP contribution in [0.2, 0.25) is 0 Å². The van der Waals surface area contributed by atoms with Crippen LogP contribution in [0.1, 0.15) is 5.82 Å². The number of aromatic amines is 1. The summed E-state index contributed by atoms with van der Waals surface area (Å²) in [5.74, 6) is 0.947. The van der Waals surface area contributed by atoms with E-state index in [1.807, 2.05) is 6.20 Å². The van der Waals surface area contributed by atoms with Crippen LogP contribution in [-0.4, -0.2) is 63.3 Å². The van der Waals surface area contributed by atoms with Gasteiger partial charge in [0.15, 0.2) is 0 Å². The van der Waals surface area contributed by atoms with Crippen molar-refractivity contribution in [1.82, 2.24) is 9.97 Å². The Labute approximate surface area is 108 Å². The third kappa shape index (κ3) is 8.19. The maximum Gasteiger partial charge on any atom is 0.108 e. The lowest BCUT2D eigenvalue weighted by Crippen LogP contribution is -2.12. The van der Waals surface area contributed by atoms with Gasteiger partial charge in [-0.15, -0.1) is 0 Å². The highest BCUT2D eigenvalue weighted by atomic mass is 16.6. The van der Waals surface area contributed by atoms with E-state index in [0.717, 1.165) is 12.2 Å². The molecule has 0 aliphatic carbocycles. The molecule has 1 aromatic rings. The second kappa shape index (κ2) is 11.2. The molecule has 0 bridgehead atoms. The molecule has 0 spiro atoms. The van der Waals surface area contributed by atoms with Crippen molar-refractivity contribution < 1.29 is 18.9 Å². The second-order valence-corrected chi connectivity index (χ2v) is 3.62. The number of nitrogens with one attached hydrogen (secondary N) is 1. The van der Waals surface area contributed by atoms with Gasteiger partial charge < -0.3 is 23.9 Å².